The van der Waals surface area contributed by atoms with Crippen LogP contribution in [-0.4, -0.2) is 25.2 Å². The average Bonchev–Trinajstić information content (AvgIpc) is 2.65. The molecule has 0 radical (unpaired) electrons. The van der Waals surface area contributed by atoms with Crippen LogP contribution in [0.2, 0.25) is 0 Å². The van der Waals surface area contributed by atoms with Crippen molar-refractivity contribution in [3.05, 3.63) is 24.0 Å². The van der Waals surface area contributed by atoms with Crippen molar-refractivity contribution >= 4 is 0 Å². The standard InChI is InChI=1S/C9H11N5/c1-3-7-4-8(6-10-5-7)9-11-12-13-14(9)2/h4-6H,3H2,1-2H3. The molecule has 5 heteroatoms. The summed E-state index contributed by atoms with van der Waals surface area (Å²) in [5.74, 6) is 0.743. The van der Waals surface area contributed by atoms with Gasteiger partial charge in [-0.1, -0.05) is 6.92 Å². The van der Waals surface area contributed by atoms with Crippen LogP contribution in [0.5, 0.6) is 0 Å². The van der Waals surface area contributed by atoms with E-state index in [0.717, 1.165) is 17.8 Å². The molecule has 0 spiro atoms. The first-order valence-corrected chi connectivity index (χ1v) is 4.48. The van der Waals surface area contributed by atoms with Crippen LogP contribution < -0.4 is 0 Å². The highest BCUT2D eigenvalue weighted by Crippen LogP contribution is 2.14. The molecule has 2 heterocycles. The van der Waals surface area contributed by atoms with E-state index in [2.05, 4.69) is 33.5 Å². The number of rotatable bonds is 2. The van der Waals surface area contributed by atoms with Crippen LogP contribution in [0.25, 0.3) is 11.4 Å². The maximum atomic E-state index is 4.14. The van der Waals surface area contributed by atoms with Gasteiger partial charge in [0, 0.05) is 25.0 Å². The van der Waals surface area contributed by atoms with Gasteiger partial charge in [-0.15, -0.1) is 5.10 Å². The van der Waals surface area contributed by atoms with Crippen molar-refractivity contribution in [2.24, 2.45) is 7.05 Å². The largest absolute Gasteiger partial charge is 0.264 e. The number of nitrogens with zero attached hydrogens (tertiary/aromatic N) is 5. The molecule has 0 fully saturated rings. The van der Waals surface area contributed by atoms with E-state index >= 15 is 0 Å². The zero-order chi connectivity index (χ0) is 9.97. The summed E-state index contributed by atoms with van der Waals surface area (Å²) in [7, 11) is 1.81. The molecule has 5 nitrogen and oxygen atoms in total. The molecule has 0 aromatic carbocycles. The summed E-state index contributed by atoms with van der Waals surface area (Å²) < 4.78 is 1.64. The van der Waals surface area contributed by atoms with Crippen LogP contribution >= 0.6 is 0 Å². The third-order valence-electron chi connectivity index (χ3n) is 2.08. The normalized spacial score (nSPS) is 10.4. The lowest BCUT2D eigenvalue weighted by Gasteiger charge is -2.00. The van der Waals surface area contributed by atoms with Gasteiger partial charge in [0.1, 0.15) is 0 Å². The van der Waals surface area contributed by atoms with Gasteiger partial charge < -0.3 is 0 Å². The van der Waals surface area contributed by atoms with E-state index in [1.807, 2.05) is 13.2 Å². The van der Waals surface area contributed by atoms with Gasteiger partial charge in [-0.25, -0.2) is 4.68 Å². The van der Waals surface area contributed by atoms with Crippen molar-refractivity contribution in [2.75, 3.05) is 0 Å². The van der Waals surface area contributed by atoms with Crippen molar-refractivity contribution in [2.45, 2.75) is 13.3 Å². The summed E-state index contributed by atoms with van der Waals surface area (Å²) in [4.78, 5) is 4.14. The molecule has 0 aliphatic carbocycles. The van der Waals surface area contributed by atoms with Crippen LogP contribution in [0.1, 0.15) is 12.5 Å². The zero-order valence-electron chi connectivity index (χ0n) is 8.18. The molecule has 0 saturated heterocycles. The van der Waals surface area contributed by atoms with Gasteiger partial charge in [-0.2, -0.15) is 0 Å². The summed E-state index contributed by atoms with van der Waals surface area (Å²) in [5, 5.41) is 11.3. The Morgan fingerprint density at radius 1 is 1.36 bits per heavy atom. The van der Waals surface area contributed by atoms with Crippen LogP contribution in [0, 0.1) is 0 Å². The number of aryl methyl sites for hydroxylation is 2. The predicted octanol–water partition coefficient (Wildman–Crippen LogP) is 0.834. The van der Waals surface area contributed by atoms with Crippen LogP contribution in [0.15, 0.2) is 18.5 Å². The van der Waals surface area contributed by atoms with Crippen molar-refractivity contribution in [1.29, 1.82) is 0 Å². The third kappa shape index (κ3) is 1.48. The van der Waals surface area contributed by atoms with Crippen molar-refractivity contribution in [3.8, 4) is 11.4 Å². The van der Waals surface area contributed by atoms with Crippen molar-refractivity contribution in [3.63, 3.8) is 0 Å². The number of pyridine rings is 1. The molecule has 0 amide bonds. The van der Waals surface area contributed by atoms with E-state index in [0.29, 0.717) is 0 Å². The Hall–Kier alpha value is -1.78. The Labute approximate surface area is 81.8 Å². The summed E-state index contributed by atoms with van der Waals surface area (Å²) in [6.07, 6.45) is 4.59. The second-order valence-corrected chi connectivity index (χ2v) is 3.06. The summed E-state index contributed by atoms with van der Waals surface area (Å²) in [6, 6.07) is 2.05. The lowest BCUT2D eigenvalue weighted by Crippen LogP contribution is -1.95. The fourth-order valence-electron chi connectivity index (χ4n) is 1.28. The minimum Gasteiger partial charge on any atom is -0.264 e. The lowest BCUT2D eigenvalue weighted by molar-refractivity contribution is 0.714. The van der Waals surface area contributed by atoms with E-state index in [4.69, 9.17) is 0 Å². The molecule has 2 rings (SSSR count). The smallest absolute Gasteiger partial charge is 0.183 e. The summed E-state index contributed by atoms with van der Waals surface area (Å²) >= 11 is 0. The highest BCUT2D eigenvalue weighted by atomic mass is 15.5. The summed E-state index contributed by atoms with van der Waals surface area (Å²) in [5.41, 5.74) is 2.14. The first-order valence-electron chi connectivity index (χ1n) is 4.48. The van der Waals surface area contributed by atoms with Gasteiger partial charge in [0.25, 0.3) is 0 Å². The Bertz CT molecular complexity index is 434. The molecule has 2 aromatic rings. The molecule has 0 N–H and O–H groups in total. The van der Waals surface area contributed by atoms with Gasteiger partial charge in [0.15, 0.2) is 5.82 Å². The molecule has 0 unspecified atom stereocenters. The van der Waals surface area contributed by atoms with Crippen LogP contribution in [0.3, 0.4) is 0 Å². The number of hydrogen-bond donors (Lipinski definition) is 0. The van der Waals surface area contributed by atoms with E-state index in [1.165, 1.54) is 5.56 Å². The average molecular weight is 189 g/mol. The lowest BCUT2D eigenvalue weighted by atomic mass is 10.1. The Balaban J connectivity index is 2.47. The second kappa shape index (κ2) is 3.53. The SMILES string of the molecule is CCc1cncc(-c2nnnn2C)c1. The molecule has 0 saturated carbocycles. The highest BCUT2D eigenvalue weighted by molar-refractivity contribution is 5.53. The number of hydrogen-bond acceptors (Lipinski definition) is 4. The molecular formula is C9H11N5. The fraction of sp³-hybridized carbons (Fsp3) is 0.333. The molecule has 2 aromatic heterocycles. The van der Waals surface area contributed by atoms with Gasteiger partial charge >= 0.3 is 0 Å². The van der Waals surface area contributed by atoms with Crippen molar-refractivity contribution in [1.82, 2.24) is 25.2 Å². The van der Waals surface area contributed by atoms with Gasteiger partial charge in [-0.05, 0) is 28.5 Å². The predicted molar refractivity (Wildman–Crippen MR) is 51.4 cm³/mol. The molecule has 0 bridgehead atoms. The van der Waals surface area contributed by atoms with Crippen LogP contribution in [-0.2, 0) is 13.5 Å². The molecule has 0 atom stereocenters. The minimum absolute atomic E-state index is 0.743. The maximum absolute atomic E-state index is 4.14. The third-order valence-corrected chi connectivity index (χ3v) is 2.08. The maximum Gasteiger partial charge on any atom is 0.183 e. The van der Waals surface area contributed by atoms with Gasteiger partial charge in [0.05, 0.1) is 0 Å². The fourth-order valence-corrected chi connectivity index (χ4v) is 1.28. The van der Waals surface area contributed by atoms with Gasteiger partial charge in [-0.3, -0.25) is 4.98 Å². The topological polar surface area (TPSA) is 56.5 Å². The molecule has 0 aliphatic rings. The van der Waals surface area contributed by atoms with Crippen LogP contribution in [0.4, 0.5) is 0 Å². The molecular weight excluding hydrogens is 178 g/mol. The molecule has 72 valence electrons. The quantitative estimate of drug-likeness (QED) is 0.702. The minimum atomic E-state index is 0.743. The first-order chi connectivity index (χ1) is 6.81. The van der Waals surface area contributed by atoms with E-state index in [-0.39, 0.29) is 0 Å². The van der Waals surface area contributed by atoms with Crippen molar-refractivity contribution < 1.29 is 0 Å². The molecule has 14 heavy (non-hydrogen) atoms. The Kier molecular flexibility index (Phi) is 2.22. The number of tetrazole rings is 1. The van der Waals surface area contributed by atoms with E-state index in [9.17, 15) is 0 Å². The monoisotopic (exact) mass is 189 g/mol. The Morgan fingerprint density at radius 2 is 2.21 bits per heavy atom. The van der Waals surface area contributed by atoms with E-state index < -0.39 is 0 Å². The highest BCUT2D eigenvalue weighted by Gasteiger charge is 2.05. The second-order valence-electron chi connectivity index (χ2n) is 3.06. The van der Waals surface area contributed by atoms with E-state index in [1.54, 1.807) is 10.9 Å². The zero-order valence-corrected chi connectivity index (χ0v) is 8.18. The number of aromatic nitrogens is 5. The summed E-state index contributed by atoms with van der Waals surface area (Å²) in [6.45, 7) is 2.09. The molecule has 0 aliphatic heterocycles. The van der Waals surface area contributed by atoms with Gasteiger partial charge in [0.2, 0.25) is 0 Å². The first kappa shape index (κ1) is 8.80. The Morgan fingerprint density at radius 3 is 2.86 bits per heavy atom.